The van der Waals surface area contributed by atoms with Gasteiger partial charge >= 0.3 is 0 Å². The number of aromatic hydroxyl groups is 1. The van der Waals surface area contributed by atoms with Crippen LogP contribution in [0, 0.1) is 10.1 Å². The lowest BCUT2D eigenvalue weighted by atomic mass is 10.1. The highest BCUT2D eigenvalue weighted by molar-refractivity contribution is 6.39. The van der Waals surface area contributed by atoms with Crippen molar-refractivity contribution in [3.63, 3.8) is 0 Å². The molecule has 0 amide bonds. The Kier molecular flexibility index (Phi) is 4.38. The van der Waals surface area contributed by atoms with Gasteiger partial charge in [-0.3, -0.25) is 10.1 Å². The lowest BCUT2D eigenvalue weighted by Crippen LogP contribution is -1.88. The van der Waals surface area contributed by atoms with E-state index in [4.69, 9.17) is 23.2 Å². The maximum absolute atomic E-state index is 10.8. The molecule has 1 heterocycles. The Morgan fingerprint density at radius 3 is 2.62 bits per heavy atom. The van der Waals surface area contributed by atoms with Crippen LogP contribution in [0.3, 0.4) is 0 Å². The van der Waals surface area contributed by atoms with E-state index < -0.39 is 4.92 Å². The molecule has 24 heavy (non-hydrogen) atoms. The van der Waals surface area contributed by atoms with Crippen LogP contribution in [0.4, 0.5) is 5.69 Å². The molecule has 7 heteroatoms. The molecule has 0 aliphatic heterocycles. The Morgan fingerprint density at radius 2 is 1.88 bits per heavy atom. The second kappa shape index (κ2) is 6.47. The van der Waals surface area contributed by atoms with Crippen LogP contribution in [0.5, 0.6) is 5.75 Å². The van der Waals surface area contributed by atoms with Crippen LogP contribution in [0.1, 0.15) is 11.3 Å². The van der Waals surface area contributed by atoms with Gasteiger partial charge in [0.25, 0.3) is 5.69 Å². The highest BCUT2D eigenvalue weighted by Gasteiger charge is 2.10. The van der Waals surface area contributed by atoms with Gasteiger partial charge < -0.3 is 5.11 Å². The van der Waals surface area contributed by atoms with Gasteiger partial charge in [0.1, 0.15) is 5.52 Å². The Bertz CT molecular complexity index is 987. The molecule has 0 unspecified atom stereocenters. The summed E-state index contributed by atoms with van der Waals surface area (Å²) in [6, 6.07) is 11.2. The summed E-state index contributed by atoms with van der Waals surface area (Å²) in [4.78, 5) is 14.7. The fourth-order valence-corrected chi connectivity index (χ4v) is 2.75. The van der Waals surface area contributed by atoms with Crippen molar-refractivity contribution in [3.8, 4) is 5.75 Å². The van der Waals surface area contributed by atoms with Crippen molar-refractivity contribution >= 4 is 51.9 Å². The van der Waals surface area contributed by atoms with Crippen LogP contribution in [-0.4, -0.2) is 15.0 Å². The summed E-state index contributed by atoms with van der Waals surface area (Å²) in [5, 5.41) is 21.9. The van der Waals surface area contributed by atoms with Gasteiger partial charge in [-0.25, -0.2) is 4.98 Å². The zero-order chi connectivity index (χ0) is 17.3. The Morgan fingerprint density at radius 1 is 1.08 bits per heavy atom. The number of nitrogens with zero attached hydrogens (tertiary/aromatic N) is 2. The van der Waals surface area contributed by atoms with E-state index in [1.807, 2.05) is 0 Å². The van der Waals surface area contributed by atoms with Crippen molar-refractivity contribution in [3.05, 3.63) is 73.9 Å². The predicted octanol–water partition coefficient (Wildman–Crippen LogP) is 5.33. The molecule has 0 radical (unpaired) electrons. The second-order valence-corrected chi connectivity index (χ2v) is 5.82. The van der Waals surface area contributed by atoms with Gasteiger partial charge in [-0.05, 0) is 29.8 Å². The van der Waals surface area contributed by atoms with Crippen molar-refractivity contribution < 1.29 is 10.0 Å². The Labute approximate surface area is 146 Å². The van der Waals surface area contributed by atoms with E-state index in [1.165, 1.54) is 18.2 Å². The number of rotatable bonds is 3. The minimum atomic E-state index is -0.451. The molecule has 0 aliphatic rings. The summed E-state index contributed by atoms with van der Waals surface area (Å²) in [7, 11) is 0. The summed E-state index contributed by atoms with van der Waals surface area (Å²) in [6.07, 6.45) is 3.39. The standard InChI is InChI=1S/C17H10Cl2N2O3/c18-14-9-15(19)17(22)16-13(14)7-6-11(20-16)5-4-10-2-1-3-12(8-10)21(23)24/h1-9,22H/b5-4+. The zero-order valence-corrected chi connectivity index (χ0v) is 13.6. The van der Waals surface area contributed by atoms with E-state index in [1.54, 1.807) is 36.4 Å². The average molecular weight is 361 g/mol. The number of fused-ring (bicyclic) bond motifs is 1. The number of nitro benzene ring substituents is 1. The smallest absolute Gasteiger partial charge is 0.270 e. The Balaban J connectivity index is 2.00. The van der Waals surface area contributed by atoms with E-state index >= 15 is 0 Å². The molecule has 0 saturated carbocycles. The quantitative estimate of drug-likeness (QED) is 0.506. The van der Waals surface area contributed by atoms with Crippen LogP contribution in [0.15, 0.2) is 42.5 Å². The molecule has 0 aliphatic carbocycles. The largest absolute Gasteiger partial charge is 0.504 e. The summed E-state index contributed by atoms with van der Waals surface area (Å²) < 4.78 is 0. The number of hydrogen-bond donors (Lipinski definition) is 1. The first kappa shape index (κ1) is 16.2. The molecule has 3 rings (SSSR count). The van der Waals surface area contributed by atoms with Crippen LogP contribution in [-0.2, 0) is 0 Å². The van der Waals surface area contributed by atoms with Gasteiger partial charge in [-0.1, -0.05) is 41.4 Å². The van der Waals surface area contributed by atoms with Crippen molar-refractivity contribution in [1.29, 1.82) is 0 Å². The molecular formula is C17H10Cl2N2O3. The van der Waals surface area contributed by atoms with Crippen molar-refractivity contribution in [1.82, 2.24) is 4.98 Å². The molecule has 0 fully saturated rings. The molecule has 0 saturated heterocycles. The predicted molar refractivity (Wildman–Crippen MR) is 95.5 cm³/mol. The molecule has 2 aromatic carbocycles. The van der Waals surface area contributed by atoms with Crippen LogP contribution < -0.4 is 0 Å². The normalized spacial score (nSPS) is 11.2. The van der Waals surface area contributed by atoms with Crippen LogP contribution in [0.25, 0.3) is 23.1 Å². The zero-order valence-electron chi connectivity index (χ0n) is 12.1. The van der Waals surface area contributed by atoms with E-state index in [0.717, 1.165) is 0 Å². The summed E-state index contributed by atoms with van der Waals surface area (Å²) in [5.41, 5.74) is 1.54. The molecule has 1 N–H and O–H groups in total. The maximum atomic E-state index is 10.8. The summed E-state index contributed by atoms with van der Waals surface area (Å²) >= 11 is 12.0. The van der Waals surface area contributed by atoms with Crippen molar-refractivity contribution in [2.24, 2.45) is 0 Å². The second-order valence-electron chi connectivity index (χ2n) is 5.01. The fraction of sp³-hybridized carbons (Fsp3) is 0. The number of non-ortho nitro benzene ring substituents is 1. The summed E-state index contributed by atoms with van der Waals surface area (Å²) in [6.45, 7) is 0. The first-order valence-corrected chi connectivity index (χ1v) is 7.61. The average Bonchev–Trinajstić information content (AvgIpc) is 2.58. The number of benzene rings is 2. The minimum absolute atomic E-state index is 0.0137. The highest BCUT2D eigenvalue weighted by Crippen LogP contribution is 2.36. The minimum Gasteiger partial charge on any atom is -0.504 e. The topological polar surface area (TPSA) is 76.3 Å². The third kappa shape index (κ3) is 3.18. The van der Waals surface area contributed by atoms with Gasteiger partial charge in [0.05, 0.1) is 20.7 Å². The first-order valence-electron chi connectivity index (χ1n) is 6.86. The van der Waals surface area contributed by atoms with E-state index in [-0.39, 0.29) is 16.5 Å². The lowest BCUT2D eigenvalue weighted by molar-refractivity contribution is -0.384. The first-order chi connectivity index (χ1) is 11.5. The van der Waals surface area contributed by atoms with E-state index in [2.05, 4.69) is 4.98 Å². The number of phenolic OH excluding ortho intramolecular Hbond substituents is 1. The maximum Gasteiger partial charge on any atom is 0.270 e. The third-order valence-corrected chi connectivity index (χ3v) is 4.01. The number of phenols is 1. The van der Waals surface area contributed by atoms with Crippen LogP contribution >= 0.6 is 23.2 Å². The van der Waals surface area contributed by atoms with Gasteiger partial charge in [0.15, 0.2) is 5.75 Å². The van der Waals surface area contributed by atoms with Gasteiger partial charge in [-0.15, -0.1) is 0 Å². The lowest BCUT2D eigenvalue weighted by Gasteiger charge is -2.05. The van der Waals surface area contributed by atoms with Crippen molar-refractivity contribution in [2.45, 2.75) is 0 Å². The molecule has 0 spiro atoms. The highest BCUT2D eigenvalue weighted by atomic mass is 35.5. The molecule has 1 aromatic heterocycles. The van der Waals surface area contributed by atoms with E-state index in [0.29, 0.717) is 27.2 Å². The molecule has 0 bridgehead atoms. The van der Waals surface area contributed by atoms with Gasteiger partial charge in [0.2, 0.25) is 0 Å². The summed E-state index contributed by atoms with van der Waals surface area (Å²) in [5.74, 6) is -0.137. The number of halogens is 2. The third-order valence-electron chi connectivity index (χ3n) is 3.41. The van der Waals surface area contributed by atoms with Crippen LogP contribution in [0.2, 0.25) is 10.0 Å². The molecule has 3 aromatic rings. The van der Waals surface area contributed by atoms with Gasteiger partial charge in [-0.2, -0.15) is 0 Å². The number of pyridine rings is 1. The van der Waals surface area contributed by atoms with Crippen molar-refractivity contribution in [2.75, 3.05) is 0 Å². The number of aromatic nitrogens is 1. The Hall–Kier alpha value is -2.63. The fourth-order valence-electron chi connectivity index (χ4n) is 2.23. The molecule has 0 atom stereocenters. The molecule has 5 nitrogen and oxygen atoms in total. The number of hydrogen-bond acceptors (Lipinski definition) is 4. The van der Waals surface area contributed by atoms with E-state index in [9.17, 15) is 15.2 Å². The van der Waals surface area contributed by atoms with Gasteiger partial charge in [0, 0.05) is 17.5 Å². The molecule has 120 valence electrons. The monoisotopic (exact) mass is 360 g/mol. The number of nitro groups is 1. The SMILES string of the molecule is O=[N+]([O-])c1cccc(/C=C/c2ccc3c(Cl)cc(Cl)c(O)c3n2)c1. The molecular weight excluding hydrogens is 351 g/mol.